The summed E-state index contributed by atoms with van der Waals surface area (Å²) in [5.41, 5.74) is 3.04. The summed E-state index contributed by atoms with van der Waals surface area (Å²) in [7, 11) is 0. The van der Waals surface area contributed by atoms with Crippen LogP contribution in [0.3, 0.4) is 0 Å². The second-order valence-electron chi connectivity index (χ2n) is 10.9. The minimum absolute atomic E-state index is 0.106. The van der Waals surface area contributed by atoms with E-state index < -0.39 is 29.6 Å². The molecule has 2 aliphatic carbocycles. The van der Waals surface area contributed by atoms with E-state index in [0.717, 1.165) is 42.2 Å². The first-order valence-electron chi connectivity index (χ1n) is 13.3. The van der Waals surface area contributed by atoms with E-state index in [4.69, 9.17) is 5.10 Å². The van der Waals surface area contributed by atoms with Gasteiger partial charge < -0.3 is 5.32 Å². The zero-order valence-electron chi connectivity index (χ0n) is 21.8. The maximum atomic E-state index is 14.9. The molecule has 2 aromatic carbocycles. The lowest BCUT2D eigenvalue weighted by Gasteiger charge is -2.19. The van der Waals surface area contributed by atoms with Crippen LogP contribution in [-0.4, -0.2) is 33.1 Å². The van der Waals surface area contributed by atoms with Crippen molar-refractivity contribution < 1.29 is 26.7 Å². The van der Waals surface area contributed by atoms with Crippen molar-refractivity contribution in [2.24, 2.45) is 5.92 Å². The molecule has 10 heteroatoms. The SMILES string of the molecule is Cc1cc(-c2cnc3c(NCCC(F)(F)F)cc(C4(c5cc(F)ccc5F)CC4)nn23)ccc1C(=O)CC1CC1. The van der Waals surface area contributed by atoms with Gasteiger partial charge >= 0.3 is 6.18 Å². The summed E-state index contributed by atoms with van der Waals surface area (Å²) in [5.74, 6) is -0.578. The second kappa shape index (κ2) is 9.67. The molecule has 6 rings (SSSR count). The third-order valence-electron chi connectivity index (χ3n) is 7.87. The van der Waals surface area contributed by atoms with Gasteiger partial charge in [-0.25, -0.2) is 18.3 Å². The smallest absolute Gasteiger partial charge is 0.382 e. The molecule has 0 bridgehead atoms. The van der Waals surface area contributed by atoms with E-state index in [-0.39, 0.29) is 17.9 Å². The number of carbonyl (C=O) groups excluding carboxylic acids is 1. The summed E-state index contributed by atoms with van der Waals surface area (Å²) in [4.78, 5) is 17.2. The molecule has 4 aromatic rings. The highest BCUT2D eigenvalue weighted by Crippen LogP contribution is 2.54. The van der Waals surface area contributed by atoms with E-state index in [2.05, 4.69) is 10.3 Å². The molecule has 5 nitrogen and oxygen atoms in total. The van der Waals surface area contributed by atoms with E-state index in [1.165, 1.54) is 4.52 Å². The molecule has 40 heavy (non-hydrogen) atoms. The fraction of sp³-hybridized carbons (Fsp3) is 0.367. The third kappa shape index (κ3) is 5.07. The number of benzene rings is 2. The number of nitrogens with zero attached hydrogens (tertiary/aromatic N) is 3. The number of carbonyl (C=O) groups is 1. The first-order chi connectivity index (χ1) is 19.0. The highest BCUT2D eigenvalue weighted by atomic mass is 19.4. The lowest BCUT2D eigenvalue weighted by atomic mass is 9.91. The van der Waals surface area contributed by atoms with Crippen LogP contribution in [0.5, 0.6) is 0 Å². The number of hydrogen-bond acceptors (Lipinski definition) is 4. The first kappa shape index (κ1) is 26.4. The van der Waals surface area contributed by atoms with E-state index in [1.807, 2.05) is 13.0 Å². The Hall–Kier alpha value is -3.82. The molecule has 0 atom stereocenters. The first-order valence-corrected chi connectivity index (χ1v) is 13.3. The summed E-state index contributed by atoms with van der Waals surface area (Å²) in [5, 5.41) is 7.61. The fourth-order valence-corrected chi connectivity index (χ4v) is 5.35. The van der Waals surface area contributed by atoms with Crippen molar-refractivity contribution in [3.8, 4) is 11.3 Å². The topological polar surface area (TPSA) is 59.3 Å². The normalized spacial score (nSPS) is 16.4. The highest BCUT2D eigenvalue weighted by Gasteiger charge is 2.50. The number of aromatic nitrogens is 3. The van der Waals surface area contributed by atoms with Crippen LogP contribution in [0.2, 0.25) is 0 Å². The van der Waals surface area contributed by atoms with Gasteiger partial charge in [0, 0.05) is 35.1 Å². The number of alkyl halides is 3. The Morgan fingerprint density at radius 2 is 1.88 bits per heavy atom. The number of fused-ring (bicyclic) bond motifs is 1. The average Bonchev–Trinajstić information content (AvgIpc) is 3.83. The van der Waals surface area contributed by atoms with Gasteiger partial charge in [-0.1, -0.05) is 12.1 Å². The van der Waals surface area contributed by atoms with E-state index in [9.17, 15) is 26.7 Å². The molecule has 2 fully saturated rings. The Labute approximate surface area is 227 Å². The van der Waals surface area contributed by atoms with Gasteiger partial charge in [0.2, 0.25) is 0 Å². The van der Waals surface area contributed by atoms with Gasteiger partial charge in [0.05, 0.1) is 29.7 Å². The largest absolute Gasteiger partial charge is 0.390 e. The molecule has 0 unspecified atom stereocenters. The molecule has 2 aliphatic rings. The molecule has 1 N–H and O–H groups in total. The number of Topliss-reactive ketones (excluding diaryl/α,β-unsaturated/α-hetero) is 1. The van der Waals surface area contributed by atoms with Crippen molar-refractivity contribution in [3.63, 3.8) is 0 Å². The Bertz CT molecular complexity index is 1620. The number of anilines is 1. The van der Waals surface area contributed by atoms with Gasteiger partial charge in [-0.3, -0.25) is 4.79 Å². The molecular formula is C30H27F5N4O. The molecular weight excluding hydrogens is 527 g/mol. The van der Waals surface area contributed by atoms with E-state index >= 15 is 0 Å². The monoisotopic (exact) mass is 554 g/mol. The van der Waals surface area contributed by atoms with Crippen molar-refractivity contribution in [1.29, 1.82) is 0 Å². The summed E-state index contributed by atoms with van der Waals surface area (Å²) < 4.78 is 69.2. The molecule has 2 saturated carbocycles. The van der Waals surface area contributed by atoms with E-state index in [0.29, 0.717) is 53.5 Å². The zero-order chi connectivity index (χ0) is 28.2. The fourth-order valence-electron chi connectivity index (χ4n) is 5.35. The molecule has 0 aliphatic heterocycles. The van der Waals surface area contributed by atoms with Crippen molar-refractivity contribution in [2.45, 2.75) is 57.0 Å². The standard InChI is InChI=1S/C30H27F5N4O/c1-17-12-19(4-6-21(17)26(40)13-18-2-3-18)25-16-37-28-24(36-11-10-30(33,34)35)15-27(38-39(25)28)29(8-9-29)22-14-20(31)5-7-23(22)32/h4-7,12,14-16,18,36H,2-3,8-11,13H2,1H3. The number of hydrogen-bond donors (Lipinski definition) is 1. The molecule has 2 heterocycles. The maximum absolute atomic E-state index is 14.9. The number of aryl methyl sites for hydroxylation is 1. The van der Waals surface area contributed by atoms with Crippen LogP contribution in [0.1, 0.15) is 65.7 Å². The van der Waals surface area contributed by atoms with Crippen LogP contribution in [-0.2, 0) is 5.41 Å². The van der Waals surface area contributed by atoms with Gasteiger partial charge in [0.25, 0.3) is 0 Å². The highest BCUT2D eigenvalue weighted by molar-refractivity contribution is 5.98. The van der Waals surface area contributed by atoms with Crippen LogP contribution < -0.4 is 5.32 Å². The minimum atomic E-state index is -4.35. The van der Waals surface area contributed by atoms with Crippen LogP contribution in [0, 0.1) is 24.5 Å². The third-order valence-corrected chi connectivity index (χ3v) is 7.87. The number of nitrogens with one attached hydrogen (secondary N) is 1. The minimum Gasteiger partial charge on any atom is -0.382 e. The van der Waals surface area contributed by atoms with E-state index in [1.54, 1.807) is 24.4 Å². The molecule has 208 valence electrons. The van der Waals surface area contributed by atoms with Crippen molar-refractivity contribution >= 4 is 17.1 Å². The lowest BCUT2D eigenvalue weighted by molar-refractivity contribution is -0.131. The summed E-state index contributed by atoms with van der Waals surface area (Å²) in [6.07, 6.45) is -0.111. The van der Waals surface area contributed by atoms with Gasteiger partial charge in [0.1, 0.15) is 11.6 Å². The molecule has 2 aromatic heterocycles. The predicted octanol–water partition coefficient (Wildman–Crippen LogP) is 7.41. The van der Waals surface area contributed by atoms with Crippen molar-refractivity contribution in [1.82, 2.24) is 14.6 Å². The number of ketones is 1. The Morgan fingerprint density at radius 1 is 1.10 bits per heavy atom. The van der Waals surface area contributed by atoms with Crippen molar-refractivity contribution in [2.75, 3.05) is 11.9 Å². The Balaban J connectivity index is 1.43. The summed E-state index contributed by atoms with van der Waals surface area (Å²) in [6, 6.07) is 10.3. The van der Waals surface area contributed by atoms with Crippen molar-refractivity contribution in [3.05, 3.63) is 82.7 Å². The zero-order valence-corrected chi connectivity index (χ0v) is 21.8. The van der Waals surface area contributed by atoms with Crippen LogP contribution >= 0.6 is 0 Å². The van der Waals surface area contributed by atoms with Gasteiger partial charge in [-0.15, -0.1) is 0 Å². The summed E-state index contributed by atoms with van der Waals surface area (Å²) >= 11 is 0. The summed E-state index contributed by atoms with van der Waals surface area (Å²) in [6.45, 7) is 1.48. The number of rotatable bonds is 9. The maximum Gasteiger partial charge on any atom is 0.390 e. The quantitative estimate of drug-likeness (QED) is 0.173. The average molecular weight is 555 g/mol. The van der Waals surface area contributed by atoms with Crippen LogP contribution in [0.4, 0.5) is 27.6 Å². The Kier molecular flexibility index (Phi) is 6.39. The van der Waals surface area contributed by atoms with Crippen LogP contribution in [0.15, 0.2) is 48.7 Å². The molecule has 0 saturated heterocycles. The molecule has 0 amide bonds. The van der Waals surface area contributed by atoms with Crippen LogP contribution in [0.25, 0.3) is 16.9 Å². The Morgan fingerprint density at radius 3 is 2.55 bits per heavy atom. The number of halogens is 5. The van der Waals surface area contributed by atoms with Gasteiger partial charge in [-0.2, -0.15) is 18.3 Å². The second-order valence-corrected chi connectivity index (χ2v) is 10.9. The molecule has 0 spiro atoms. The number of imidazole rings is 1. The van der Waals surface area contributed by atoms with Gasteiger partial charge in [-0.05, 0) is 74.4 Å². The van der Waals surface area contributed by atoms with Gasteiger partial charge in [0.15, 0.2) is 11.4 Å². The lowest BCUT2D eigenvalue weighted by Crippen LogP contribution is -2.18. The predicted molar refractivity (Wildman–Crippen MR) is 140 cm³/mol. The molecule has 0 radical (unpaired) electrons.